The van der Waals surface area contributed by atoms with Gasteiger partial charge in [0.1, 0.15) is 12.3 Å². The van der Waals surface area contributed by atoms with Gasteiger partial charge in [-0.15, -0.1) is 0 Å². The summed E-state index contributed by atoms with van der Waals surface area (Å²) in [5, 5.41) is 12.8. The molecule has 13 atom stereocenters. The fraction of sp³-hybridized carbons (Fsp3) is 0.702. The molecule has 0 aromatic heterocycles. The topological polar surface area (TPSA) is 82.3 Å². The molecule has 2 aromatic carbocycles. The van der Waals surface area contributed by atoms with Crippen LogP contribution in [0.5, 0.6) is 0 Å². The van der Waals surface area contributed by atoms with Gasteiger partial charge in [-0.1, -0.05) is 68.4 Å². The number of alkyl halides is 2. The highest BCUT2D eigenvalue weighted by atomic mass is 19.1. The molecular formula is C47H62F2N4O2. The predicted molar refractivity (Wildman–Crippen MR) is 211 cm³/mol. The number of hydrogen-bond acceptors (Lipinski definition) is 4. The second-order valence-electron chi connectivity index (χ2n) is 21.0. The van der Waals surface area contributed by atoms with Gasteiger partial charge < -0.3 is 21.3 Å². The minimum Gasteiger partial charge on any atom is -0.350 e. The quantitative estimate of drug-likeness (QED) is 0.225. The summed E-state index contributed by atoms with van der Waals surface area (Å²) in [5.74, 6) is 1.44. The summed E-state index contributed by atoms with van der Waals surface area (Å²) in [6, 6.07) is 19.9. The number of benzene rings is 2. The van der Waals surface area contributed by atoms with Gasteiger partial charge in [0.25, 0.3) is 0 Å². The van der Waals surface area contributed by atoms with E-state index in [9.17, 15) is 14.0 Å². The third-order valence-electron chi connectivity index (χ3n) is 17.2. The fourth-order valence-electron chi connectivity index (χ4n) is 16.1. The van der Waals surface area contributed by atoms with Crippen molar-refractivity contribution in [3.63, 3.8) is 0 Å². The molecule has 6 nitrogen and oxygen atoms in total. The lowest BCUT2D eigenvalue weighted by Crippen LogP contribution is -2.66. The van der Waals surface area contributed by atoms with Crippen molar-refractivity contribution in [2.45, 2.75) is 145 Å². The van der Waals surface area contributed by atoms with Crippen molar-refractivity contribution in [2.75, 3.05) is 26.2 Å². The van der Waals surface area contributed by atoms with Crippen molar-refractivity contribution in [1.82, 2.24) is 21.3 Å². The highest BCUT2D eigenvalue weighted by molar-refractivity contribution is 5.85. The van der Waals surface area contributed by atoms with Crippen LogP contribution in [0.4, 0.5) is 8.78 Å². The van der Waals surface area contributed by atoms with Crippen LogP contribution >= 0.6 is 0 Å². The predicted octanol–water partition coefficient (Wildman–Crippen LogP) is 7.56. The van der Waals surface area contributed by atoms with Gasteiger partial charge in [-0.3, -0.25) is 9.59 Å². The summed E-state index contributed by atoms with van der Waals surface area (Å²) in [7, 11) is 0. The Morgan fingerprint density at radius 1 is 0.691 bits per heavy atom. The summed E-state index contributed by atoms with van der Waals surface area (Å²) in [5.41, 5.74) is 3.21. The highest BCUT2D eigenvalue weighted by Gasteiger charge is 2.69. The van der Waals surface area contributed by atoms with Crippen LogP contribution in [0.3, 0.4) is 0 Å². The Labute approximate surface area is 326 Å². The van der Waals surface area contributed by atoms with Crippen molar-refractivity contribution in [3.8, 4) is 0 Å². The van der Waals surface area contributed by atoms with E-state index in [1.54, 1.807) is 0 Å². The lowest BCUT2D eigenvalue weighted by molar-refractivity contribution is -0.171. The van der Waals surface area contributed by atoms with Crippen LogP contribution in [0.2, 0.25) is 0 Å². The van der Waals surface area contributed by atoms with Crippen LogP contribution in [-0.2, 0) is 20.4 Å². The molecular weight excluding hydrogens is 691 g/mol. The van der Waals surface area contributed by atoms with Crippen LogP contribution in [0.1, 0.15) is 126 Å². The SMILES string of the molecule is CC[C@]12CC3(C(=O)N[C@@H]4CCNC[C@@H]4F)CC(C[C@](c4ccccc4)(C3)C1)C2c1ccc([C@]23CC4CC(C(=O)N[C@@H]5CCNC[C@@H]5F)(C[C@](C)(C4)C2)C3)cc1. The highest BCUT2D eigenvalue weighted by Crippen LogP contribution is 2.75. The van der Waals surface area contributed by atoms with Crippen molar-refractivity contribution in [2.24, 2.45) is 33.5 Å². The van der Waals surface area contributed by atoms with Crippen molar-refractivity contribution < 1.29 is 18.4 Å². The number of piperidine rings is 2. The zero-order chi connectivity index (χ0) is 37.8. The van der Waals surface area contributed by atoms with E-state index in [0.29, 0.717) is 43.7 Å². The van der Waals surface area contributed by atoms with E-state index in [1.165, 1.54) is 23.1 Å². The standard InChI is InChI=1S/C47H62F2N4O2/c1-3-43-26-45(33-7-5-4-6-8-33)20-32(21-47(27-43,29-45)41(55)53-38-14-16-51-23-36(38)49)39(43)31-9-11-34(12-10-31)44-18-30-17-42(2,24-44)25-46(19-30,28-44)40(54)52-37-13-15-50-22-35(37)48/h4-12,30,32,35-39,50-51H,3,13-29H2,1-2H3,(H,52,54)(H,53,55)/t30?,32?,35-,36-,37+,38+,39?,42+,43+,44+,45+,46?,47?/m0/s1. The Balaban J connectivity index is 0.959. The van der Waals surface area contributed by atoms with Gasteiger partial charge in [-0.2, -0.15) is 0 Å². The minimum absolute atomic E-state index is 0.0312. The molecule has 2 aromatic rings. The van der Waals surface area contributed by atoms with E-state index in [2.05, 4.69) is 89.7 Å². The van der Waals surface area contributed by atoms with Crippen LogP contribution in [-0.4, -0.2) is 62.4 Å². The Morgan fingerprint density at radius 2 is 1.29 bits per heavy atom. The molecule has 10 fully saturated rings. The molecule has 8 bridgehead atoms. The van der Waals surface area contributed by atoms with Crippen molar-refractivity contribution in [3.05, 3.63) is 71.3 Å². The summed E-state index contributed by atoms with van der Waals surface area (Å²) < 4.78 is 30.0. The maximum absolute atomic E-state index is 15.1. The summed E-state index contributed by atoms with van der Waals surface area (Å²) in [4.78, 5) is 28.9. The summed E-state index contributed by atoms with van der Waals surface area (Å²) >= 11 is 0. The Bertz CT molecular complexity index is 1830. The molecule has 55 heavy (non-hydrogen) atoms. The Morgan fingerprint density at radius 3 is 1.89 bits per heavy atom. The van der Waals surface area contributed by atoms with E-state index in [1.807, 2.05) is 0 Å². The molecule has 5 unspecified atom stereocenters. The fourth-order valence-corrected chi connectivity index (χ4v) is 16.1. The van der Waals surface area contributed by atoms with E-state index in [0.717, 1.165) is 83.7 Å². The summed E-state index contributed by atoms with van der Waals surface area (Å²) in [6.07, 6.45) is 11.1. The zero-order valence-electron chi connectivity index (χ0n) is 33.0. The van der Waals surface area contributed by atoms with Gasteiger partial charge in [0, 0.05) is 13.1 Å². The average Bonchev–Trinajstić information content (AvgIpc) is 3.16. The number of carbonyl (C=O) groups excluding carboxylic acids is 2. The van der Waals surface area contributed by atoms with E-state index in [4.69, 9.17) is 0 Å². The molecule has 0 spiro atoms. The molecule has 8 aliphatic carbocycles. The first-order chi connectivity index (χ1) is 26.4. The van der Waals surface area contributed by atoms with Crippen molar-refractivity contribution in [1.29, 1.82) is 0 Å². The normalized spacial score (nSPS) is 46.7. The summed E-state index contributed by atoms with van der Waals surface area (Å²) in [6.45, 7) is 6.86. The van der Waals surface area contributed by atoms with Crippen LogP contribution in [0.25, 0.3) is 0 Å². The van der Waals surface area contributed by atoms with Gasteiger partial charge in [0.15, 0.2) is 0 Å². The second-order valence-corrected chi connectivity index (χ2v) is 21.0. The van der Waals surface area contributed by atoms with Crippen LogP contribution in [0, 0.1) is 33.5 Å². The maximum atomic E-state index is 15.1. The largest absolute Gasteiger partial charge is 0.350 e. The third kappa shape index (κ3) is 5.71. The molecule has 4 N–H and O–H groups in total. The van der Waals surface area contributed by atoms with Crippen LogP contribution < -0.4 is 21.3 Å². The molecule has 8 heteroatoms. The molecule has 10 aliphatic rings. The zero-order valence-corrected chi connectivity index (χ0v) is 33.0. The smallest absolute Gasteiger partial charge is 0.226 e. The lowest BCUT2D eigenvalue weighted by atomic mass is 9.34. The molecule has 296 valence electrons. The lowest BCUT2D eigenvalue weighted by Gasteiger charge is -2.69. The van der Waals surface area contributed by atoms with Gasteiger partial charge in [-0.25, -0.2) is 8.78 Å². The van der Waals surface area contributed by atoms with Gasteiger partial charge in [0.2, 0.25) is 11.8 Å². The van der Waals surface area contributed by atoms with Crippen molar-refractivity contribution >= 4 is 11.8 Å². The first kappa shape index (κ1) is 36.5. The number of amides is 2. The molecule has 2 amide bonds. The molecule has 12 rings (SSSR count). The second kappa shape index (κ2) is 12.8. The average molecular weight is 753 g/mol. The van der Waals surface area contributed by atoms with Gasteiger partial charge in [-0.05, 0) is 159 Å². The molecule has 0 radical (unpaired) electrons. The molecule has 2 aliphatic heterocycles. The molecule has 2 heterocycles. The Kier molecular flexibility index (Phi) is 8.51. The van der Waals surface area contributed by atoms with Gasteiger partial charge >= 0.3 is 0 Å². The van der Waals surface area contributed by atoms with E-state index < -0.39 is 35.3 Å². The van der Waals surface area contributed by atoms with E-state index >= 15 is 4.39 Å². The maximum Gasteiger partial charge on any atom is 0.226 e. The first-order valence-electron chi connectivity index (χ1n) is 21.9. The minimum atomic E-state index is -1.06. The monoisotopic (exact) mass is 752 g/mol. The number of carbonyl (C=O) groups is 2. The molecule has 2 saturated heterocycles. The number of rotatable bonds is 8. The number of halogens is 2. The van der Waals surface area contributed by atoms with E-state index in [-0.39, 0.29) is 33.5 Å². The number of nitrogens with one attached hydrogen (secondary N) is 4. The first-order valence-corrected chi connectivity index (χ1v) is 21.9. The van der Waals surface area contributed by atoms with Gasteiger partial charge in [0.05, 0.1) is 22.9 Å². The Hall–Kier alpha value is -2.84. The third-order valence-corrected chi connectivity index (χ3v) is 17.2. The van der Waals surface area contributed by atoms with Crippen LogP contribution in [0.15, 0.2) is 54.6 Å². The molecule has 8 saturated carbocycles. The number of hydrogen-bond donors (Lipinski definition) is 4.